The third kappa shape index (κ3) is 4.11. The van der Waals surface area contributed by atoms with E-state index >= 15 is 0 Å². The van der Waals surface area contributed by atoms with Crippen LogP contribution in [0.1, 0.15) is 10.5 Å². The fraction of sp³-hybridized carbons (Fsp3) is 0.222. The van der Waals surface area contributed by atoms with Crippen molar-refractivity contribution in [2.45, 2.75) is 6.54 Å². The van der Waals surface area contributed by atoms with Crippen molar-refractivity contribution in [1.29, 1.82) is 0 Å². The summed E-state index contributed by atoms with van der Waals surface area (Å²) in [4.78, 5) is 11.6. The van der Waals surface area contributed by atoms with E-state index < -0.39 is 5.97 Å². The molecule has 0 saturated heterocycles. The second-order valence-electron chi connectivity index (χ2n) is 2.91. The molecule has 1 aromatic rings. The minimum atomic E-state index is -0.452. The molecule has 0 radical (unpaired) electrons. The van der Waals surface area contributed by atoms with Crippen molar-refractivity contribution in [3.63, 3.8) is 0 Å². The van der Waals surface area contributed by atoms with Gasteiger partial charge >= 0.3 is 5.97 Å². The number of hydrogen-bond acceptors (Lipinski definition) is 2. The lowest BCUT2D eigenvalue weighted by Gasteiger charge is -2.09. The molecule has 0 unspecified atom stereocenters. The summed E-state index contributed by atoms with van der Waals surface area (Å²) in [7, 11) is 1.32. The van der Waals surface area contributed by atoms with Crippen LogP contribution < -0.4 is 0 Å². The first-order valence-electron chi connectivity index (χ1n) is 4.21. The van der Waals surface area contributed by atoms with Crippen molar-refractivity contribution in [3.8, 4) is 0 Å². The highest BCUT2D eigenvalue weighted by Crippen LogP contribution is 2.32. The van der Waals surface area contributed by atoms with Crippen LogP contribution in [0, 0.1) is 0 Å². The number of halogens is 5. The third-order valence-electron chi connectivity index (χ3n) is 1.88. The van der Waals surface area contributed by atoms with Gasteiger partial charge in [-0.2, -0.15) is 0 Å². The fourth-order valence-electron chi connectivity index (χ4n) is 1.12. The Morgan fingerprint density at radius 3 is 2.47 bits per heavy atom. The van der Waals surface area contributed by atoms with Gasteiger partial charge in [0.1, 0.15) is 10.8 Å². The molecule has 0 bridgehead atoms. The van der Waals surface area contributed by atoms with Crippen molar-refractivity contribution in [2.24, 2.45) is 0 Å². The van der Waals surface area contributed by atoms with Gasteiger partial charge in [0.15, 0.2) is 0 Å². The van der Waals surface area contributed by atoms with Gasteiger partial charge in [0.25, 0.3) is 0 Å². The maximum absolute atomic E-state index is 11.6. The van der Waals surface area contributed by atoms with Crippen LogP contribution in [-0.2, 0) is 11.3 Å². The van der Waals surface area contributed by atoms with Crippen LogP contribution in [0.15, 0.2) is 11.2 Å². The molecule has 0 spiro atoms. The SMILES string of the molecule is COC(=O)c1cc(Cl)c(Cl)n1CC(I)=C(I)I. The molecule has 0 N–H and O–H groups in total. The van der Waals surface area contributed by atoms with Gasteiger partial charge < -0.3 is 9.30 Å². The van der Waals surface area contributed by atoms with Gasteiger partial charge in [-0.25, -0.2) is 4.79 Å². The summed E-state index contributed by atoms with van der Waals surface area (Å²) in [6.07, 6.45) is 0. The normalized spacial score (nSPS) is 10.2. The van der Waals surface area contributed by atoms with E-state index in [1.165, 1.54) is 13.2 Å². The Balaban J connectivity index is 3.22. The zero-order chi connectivity index (χ0) is 13.2. The molecule has 0 saturated carbocycles. The van der Waals surface area contributed by atoms with E-state index in [9.17, 15) is 4.79 Å². The molecule has 0 atom stereocenters. The van der Waals surface area contributed by atoms with E-state index in [4.69, 9.17) is 23.2 Å². The topological polar surface area (TPSA) is 31.2 Å². The summed E-state index contributed by atoms with van der Waals surface area (Å²) in [5.74, 6) is -0.452. The van der Waals surface area contributed by atoms with Crippen LogP contribution in [0.5, 0.6) is 0 Å². The highest BCUT2D eigenvalue weighted by Gasteiger charge is 2.19. The Labute approximate surface area is 150 Å². The lowest BCUT2D eigenvalue weighted by molar-refractivity contribution is 0.0589. The molecule has 17 heavy (non-hydrogen) atoms. The van der Waals surface area contributed by atoms with E-state index in [-0.39, 0.29) is 0 Å². The minimum Gasteiger partial charge on any atom is -0.464 e. The van der Waals surface area contributed by atoms with Gasteiger partial charge in [-0.05, 0) is 73.8 Å². The number of nitrogens with zero attached hydrogens (tertiary/aromatic N) is 1. The fourth-order valence-corrected chi connectivity index (χ4v) is 2.21. The second-order valence-corrected chi connectivity index (χ2v) is 9.20. The number of aromatic nitrogens is 1. The Hall–Kier alpha value is 1.26. The first kappa shape index (κ1) is 16.3. The van der Waals surface area contributed by atoms with Crippen molar-refractivity contribution in [1.82, 2.24) is 4.57 Å². The summed E-state index contributed by atoms with van der Waals surface area (Å²) in [5, 5.41) is 0.690. The van der Waals surface area contributed by atoms with Gasteiger partial charge in [-0.3, -0.25) is 0 Å². The highest BCUT2D eigenvalue weighted by atomic mass is 127. The third-order valence-corrected chi connectivity index (χ3v) is 6.92. The number of hydrogen-bond donors (Lipinski definition) is 0. The molecular weight excluding hydrogens is 606 g/mol. The van der Waals surface area contributed by atoms with Crippen LogP contribution >= 0.6 is 91.0 Å². The molecule has 0 fully saturated rings. The smallest absolute Gasteiger partial charge is 0.354 e. The lowest BCUT2D eigenvalue weighted by atomic mass is 10.4. The van der Waals surface area contributed by atoms with Crippen LogP contribution in [0.25, 0.3) is 0 Å². The zero-order valence-electron chi connectivity index (χ0n) is 8.44. The van der Waals surface area contributed by atoms with Gasteiger partial charge in [0, 0.05) is 3.58 Å². The maximum atomic E-state index is 11.6. The Bertz CT molecular complexity index is 481. The summed E-state index contributed by atoms with van der Waals surface area (Å²) < 4.78 is 8.50. The predicted molar refractivity (Wildman–Crippen MR) is 94.9 cm³/mol. The molecule has 0 amide bonds. The van der Waals surface area contributed by atoms with Gasteiger partial charge in [-0.1, -0.05) is 23.2 Å². The van der Waals surface area contributed by atoms with Crippen LogP contribution in [0.2, 0.25) is 10.2 Å². The van der Waals surface area contributed by atoms with Crippen molar-refractivity contribution in [3.05, 3.63) is 27.1 Å². The van der Waals surface area contributed by atoms with Crippen molar-refractivity contribution < 1.29 is 9.53 Å². The number of allylic oxidation sites excluding steroid dienone is 1. The Kier molecular flexibility index (Phi) is 6.86. The molecule has 0 aliphatic carbocycles. The average molecular weight is 612 g/mol. The highest BCUT2D eigenvalue weighted by molar-refractivity contribution is 14.2. The van der Waals surface area contributed by atoms with E-state index in [0.29, 0.717) is 22.4 Å². The summed E-state index contributed by atoms with van der Waals surface area (Å²) in [5.41, 5.74) is 0.353. The predicted octanol–water partition coefficient (Wildman–Crippen LogP) is 5.06. The molecule has 3 nitrogen and oxygen atoms in total. The van der Waals surface area contributed by atoms with E-state index in [1.54, 1.807) is 4.57 Å². The summed E-state index contributed by atoms with van der Waals surface area (Å²) in [6, 6.07) is 1.51. The molecule has 0 aliphatic rings. The summed E-state index contributed by atoms with van der Waals surface area (Å²) in [6.45, 7) is 0.498. The average Bonchev–Trinajstić information content (AvgIpc) is 2.56. The van der Waals surface area contributed by atoms with E-state index in [0.717, 1.165) is 5.17 Å². The molecule has 0 aliphatic heterocycles. The maximum Gasteiger partial charge on any atom is 0.354 e. The molecule has 1 heterocycles. The van der Waals surface area contributed by atoms with E-state index in [2.05, 4.69) is 72.5 Å². The van der Waals surface area contributed by atoms with Crippen molar-refractivity contribution in [2.75, 3.05) is 7.11 Å². The molecule has 94 valence electrons. The van der Waals surface area contributed by atoms with E-state index in [1.807, 2.05) is 0 Å². The first-order valence-corrected chi connectivity index (χ1v) is 8.20. The zero-order valence-corrected chi connectivity index (χ0v) is 16.4. The number of esters is 1. The standard InChI is InChI=1S/C9H6Cl2I3NO2/c1-17-9(16)6-2-4(10)7(11)15(6)3-5(12)8(13)14/h2H,3H2,1H3. The monoisotopic (exact) mass is 611 g/mol. The molecular formula is C9H6Cl2I3NO2. The molecule has 1 rings (SSSR count). The quantitative estimate of drug-likeness (QED) is 0.354. The van der Waals surface area contributed by atoms with Gasteiger partial charge in [0.2, 0.25) is 0 Å². The molecule has 1 aromatic heterocycles. The molecule has 8 heteroatoms. The minimum absolute atomic E-state index is 0.343. The van der Waals surface area contributed by atoms with Crippen LogP contribution in [0.3, 0.4) is 0 Å². The lowest BCUT2D eigenvalue weighted by Crippen LogP contribution is -2.11. The number of methoxy groups -OCH3 is 1. The van der Waals surface area contributed by atoms with Gasteiger partial charge in [0.05, 0.1) is 20.3 Å². The summed E-state index contributed by atoms with van der Waals surface area (Å²) >= 11 is 18.6. The number of carbonyl (C=O) groups is 1. The van der Waals surface area contributed by atoms with Crippen molar-refractivity contribution >= 4 is 96.9 Å². The van der Waals surface area contributed by atoms with Gasteiger partial charge in [-0.15, -0.1) is 0 Å². The first-order chi connectivity index (χ1) is 7.88. The van der Waals surface area contributed by atoms with Crippen LogP contribution in [0.4, 0.5) is 0 Å². The molecule has 0 aromatic carbocycles. The number of rotatable bonds is 3. The van der Waals surface area contributed by atoms with Crippen LogP contribution in [-0.4, -0.2) is 17.6 Å². The second kappa shape index (κ2) is 7.15. The Morgan fingerprint density at radius 2 is 2.00 bits per heavy atom. The Morgan fingerprint density at radius 1 is 1.41 bits per heavy atom. The number of carbonyl (C=O) groups excluding carboxylic acids is 1. The largest absolute Gasteiger partial charge is 0.464 e. The number of ether oxygens (including phenoxy) is 1.